The van der Waals surface area contributed by atoms with Crippen LogP contribution < -0.4 is 19.1 Å². The van der Waals surface area contributed by atoms with Gasteiger partial charge < -0.3 is 14.4 Å². The second-order valence-electron chi connectivity index (χ2n) is 6.94. The van der Waals surface area contributed by atoms with Crippen molar-refractivity contribution in [3.05, 3.63) is 47.5 Å². The Bertz CT molecular complexity index is 943. The summed E-state index contributed by atoms with van der Waals surface area (Å²) in [6.07, 6.45) is 2.89. The number of sulfonamides is 1. The van der Waals surface area contributed by atoms with E-state index in [1.807, 2.05) is 0 Å². The molecule has 0 unspecified atom stereocenters. The van der Waals surface area contributed by atoms with Crippen LogP contribution in [0.5, 0.6) is 11.5 Å². The Morgan fingerprint density at radius 3 is 2.74 bits per heavy atom. The summed E-state index contributed by atoms with van der Waals surface area (Å²) in [5.41, 5.74) is 3.77. The molecule has 27 heavy (non-hydrogen) atoms. The largest absolute Gasteiger partial charge is 0.486 e. The number of hydrogen-bond acceptors (Lipinski definition) is 5. The van der Waals surface area contributed by atoms with E-state index in [1.54, 1.807) is 12.1 Å². The zero-order chi connectivity index (χ0) is 18.9. The van der Waals surface area contributed by atoms with Crippen LogP contribution in [-0.2, 0) is 22.9 Å². The number of aryl methyl sites for hydroxylation is 1. The molecule has 0 spiro atoms. The lowest BCUT2D eigenvalue weighted by Crippen LogP contribution is -2.27. The van der Waals surface area contributed by atoms with Gasteiger partial charge in [0.15, 0.2) is 11.5 Å². The molecule has 2 aromatic carbocycles. The van der Waals surface area contributed by atoms with Gasteiger partial charge in [-0.05, 0) is 48.6 Å². The Morgan fingerprint density at radius 2 is 1.89 bits per heavy atom. The highest BCUT2D eigenvalue weighted by atomic mass is 32.2. The summed E-state index contributed by atoms with van der Waals surface area (Å²) in [7, 11) is -1.47. The van der Waals surface area contributed by atoms with Crippen LogP contribution in [-0.4, -0.2) is 41.8 Å². The second kappa shape index (κ2) is 7.40. The lowest BCUT2D eigenvalue weighted by molar-refractivity contribution is 0.171. The van der Waals surface area contributed by atoms with Crippen LogP contribution in [0, 0.1) is 0 Å². The number of ether oxygens (including phenoxy) is 2. The number of benzene rings is 2. The van der Waals surface area contributed by atoms with Crippen LogP contribution in [0.3, 0.4) is 0 Å². The van der Waals surface area contributed by atoms with Gasteiger partial charge in [0, 0.05) is 31.9 Å². The van der Waals surface area contributed by atoms with E-state index in [0.717, 1.165) is 24.9 Å². The van der Waals surface area contributed by atoms with Crippen molar-refractivity contribution in [2.45, 2.75) is 24.2 Å². The van der Waals surface area contributed by atoms with E-state index in [9.17, 15) is 8.42 Å². The molecular weight excluding hydrogens is 364 g/mol. The lowest BCUT2D eigenvalue weighted by Gasteiger charge is -2.27. The highest BCUT2D eigenvalue weighted by Crippen LogP contribution is 2.32. The van der Waals surface area contributed by atoms with Crippen molar-refractivity contribution in [2.24, 2.45) is 0 Å². The van der Waals surface area contributed by atoms with Crippen LogP contribution >= 0.6 is 0 Å². The van der Waals surface area contributed by atoms with Crippen LogP contribution in [0.4, 0.5) is 5.69 Å². The van der Waals surface area contributed by atoms with E-state index in [0.29, 0.717) is 37.7 Å². The third-order valence-corrected chi connectivity index (χ3v) is 6.48. The Morgan fingerprint density at radius 1 is 1.07 bits per heavy atom. The van der Waals surface area contributed by atoms with Crippen molar-refractivity contribution < 1.29 is 17.9 Å². The molecular formula is C20H24N2O4S. The first kappa shape index (κ1) is 18.1. The smallest absolute Gasteiger partial charge is 0.240 e. The molecule has 0 amide bonds. The number of nitrogens with one attached hydrogen (secondary N) is 1. The maximum Gasteiger partial charge on any atom is 0.240 e. The first-order valence-corrected chi connectivity index (χ1v) is 10.7. The van der Waals surface area contributed by atoms with Gasteiger partial charge in [0.2, 0.25) is 10.0 Å². The summed E-state index contributed by atoms with van der Waals surface area (Å²) in [5, 5.41) is 0. The number of anilines is 1. The van der Waals surface area contributed by atoms with Crippen molar-refractivity contribution in [3.8, 4) is 11.5 Å². The van der Waals surface area contributed by atoms with Crippen molar-refractivity contribution in [3.63, 3.8) is 0 Å². The van der Waals surface area contributed by atoms with Gasteiger partial charge >= 0.3 is 0 Å². The monoisotopic (exact) mass is 388 g/mol. The molecule has 4 rings (SSSR count). The molecule has 0 fully saturated rings. The Balaban J connectivity index is 1.41. The number of hydrogen-bond donors (Lipinski definition) is 1. The molecule has 1 N–H and O–H groups in total. The second-order valence-corrected chi connectivity index (χ2v) is 8.71. The molecule has 0 atom stereocenters. The topological polar surface area (TPSA) is 67.9 Å². The molecule has 0 saturated heterocycles. The van der Waals surface area contributed by atoms with Crippen molar-refractivity contribution >= 4 is 15.7 Å². The van der Waals surface area contributed by atoms with Gasteiger partial charge in [-0.1, -0.05) is 12.1 Å². The summed E-state index contributed by atoms with van der Waals surface area (Å²) in [6, 6.07) is 11.1. The van der Waals surface area contributed by atoms with E-state index in [4.69, 9.17) is 9.47 Å². The van der Waals surface area contributed by atoms with Gasteiger partial charge in [-0.15, -0.1) is 0 Å². The fraction of sp³-hybridized carbons (Fsp3) is 0.400. The first-order chi connectivity index (χ1) is 13.0. The molecule has 144 valence electrons. The van der Waals surface area contributed by atoms with Gasteiger partial charge in [-0.3, -0.25) is 0 Å². The minimum Gasteiger partial charge on any atom is -0.486 e. The molecule has 0 aliphatic carbocycles. The van der Waals surface area contributed by atoms with Crippen LogP contribution in [0.1, 0.15) is 17.5 Å². The van der Waals surface area contributed by atoms with Crippen molar-refractivity contribution in [1.82, 2.24) is 4.72 Å². The summed E-state index contributed by atoms with van der Waals surface area (Å²) in [4.78, 5) is 2.46. The molecule has 2 heterocycles. The molecule has 7 heteroatoms. The van der Waals surface area contributed by atoms with E-state index < -0.39 is 10.0 Å². The summed E-state index contributed by atoms with van der Waals surface area (Å²) in [5.74, 6) is 1.06. The highest BCUT2D eigenvalue weighted by molar-refractivity contribution is 7.89. The Hall–Kier alpha value is -2.25. The standard InChI is InChI=1S/C20H24N2O4S/c1-22-10-2-3-16-13-15(4-6-18(16)22)8-9-21-27(23,24)17-5-7-19-20(14-17)26-12-11-25-19/h4-7,13-14,21H,2-3,8-12H2,1H3. The van der Waals surface area contributed by atoms with E-state index in [2.05, 4.69) is 34.9 Å². The molecule has 2 aliphatic heterocycles. The van der Waals surface area contributed by atoms with Gasteiger partial charge in [0.1, 0.15) is 13.2 Å². The maximum atomic E-state index is 12.6. The van der Waals surface area contributed by atoms with Crippen LogP contribution in [0.25, 0.3) is 0 Å². The summed E-state index contributed by atoms with van der Waals surface area (Å²) >= 11 is 0. The molecule has 0 radical (unpaired) electrons. The summed E-state index contributed by atoms with van der Waals surface area (Å²) in [6.45, 7) is 2.35. The first-order valence-electron chi connectivity index (χ1n) is 9.25. The Kier molecular flexibility index (Phi) is 4.97. The number of fused-ring (bicyclic) bond motifs is 2. The van der Waals surface area contributed by atoms with Crippen LogP contribution in [0.15, 0.2) is 41.3 Å². The van der Waals surface area contributed by atoms with E-state index in [-0.39, 0.29) is 4.90 Å². The average Bonchev–Trinajstić information content (AvgIpc) is 2.67. The molecule has 0 saturated carbocycles. The van der Waals surface area contributed by atoms with E-state index >= 15 is 0 Å². The van der Waals surface area contributed by atoms with E-state index in [1.165, 1.54) is 17.3 Å². The third-order valence-electron chi connectivity index (χ3n) is 5.02. The zero-order valence-electron chi connectivity index (χ0n) is 15.4. The number of rotatable bonds is 5. The predicted octanol–water partition coefficient (Wildman–Crippen LogP) is 2.36. The van der Waals surface area contributed by atoms with Gasteiger partial charge in [-0.25, -0.2) is 13.1 Å². The SMILES string of the molecule is CN1CCCc2cc(CCNS(=O)(=O)c3ccc4c(c3)OCCO4)ccc21. The average molecular weight is 388 g/mol. The lowest BCUT2D eigenvalue weighted by atomic mass is 9.98. The van der Waals surface area contributed by atoms with Gasteiger partial charge in [0.05, 0.1) is 4.90 Å². The van der Waals surface area contributed by atoms with Crippen LogP contribution in [0.2, 0.25) is 0 Å². The molecule has 0 bridgehead atoms. The van der Waals surface area contributed by atoms with Crippen molar-refractivity contribution in [1.29, 1.82) is 0 Å². The van der Waals surface area contributed by atoms with Gasteiger partial charge in [-0.2, -0.15) is 0 Å². The molecule has 0 aromatic heterocycles. The maximum absolute atomic E-state index is 12.6. The minimum absolute atomic E-state index is 0.193. The third kappa shape index (κ3) is 3.89. The Labute approximate surface area is 160 Å². The summed E-state index contributed by atoms with van der Waals surface area (Å²) < 4.78 is 38.7. The zero-order valence-corrected chi connectivity index (χ0v) is 16.2. The highest BCUT2D eigenvalue weighted by Gasteiger charge is 2.19. The van der Waals surface area contributed by atoms with Gasteiger partial charge in [0.25, 0.3) is 0 Å². The quantitative estimate of drug-likeness (QED) is 0.852. The fourth-order valence-corrected chi connectivity index (χ4v) is 4.64. The predicted molar refractivity (Wildman–Crippen MR) is 104 cm³/mol. The van der Waals surface area contributed by atoms with Crippen molar-refractivity contribution in [2.75, 3.05) is 38.3 Å². The molecule has 2 aromatic rings. The normalized spacial score (nSPS) is 16.1. The number of nitrogens with zero attached hydrogens (tertiary/aromatic N) is 1. The fourth-order valence-electron chi connectivity index (χ4n) is 3.60. The minimum atomic E-state index is -3.58. The molecule has 2 aliphatic rings. The molecule has 6 nitrogen and oxygen atoms in total.